The highest BCUT2D eigenvalue weighted by atomic mass is 32.2. The number of sulfonamides is 1. The van der Waals surface area contributed by atoms with Crippen LogP contribution in [0.1, 0.15) is 45.5 Å². The van der Waals surface area contributed by atoms with Crippen LogP contribution in [-0.4, -0.2) is 30.5 Å². The molecule has 0 atom stereocenters. The lowest BCUT2D eigenvalue weighted by Gasteiger charge is -2.07. The maximum absolute atomic E-state index is 12.8. The number of nitrogens with zero attached hydrogens (tertiary/aromatic N) is 2. The van der Waals surface area contributed by atoms with E-state index >= 15 is 0 Å². The van der Waals surface area contributed by atoms with Crippen LogP contribution in [0.5, 0.6) is 0 Å². The fourth-order valence-corrected chi connectivity index (χ4v) is 4.82. The number of hydrogen-bond donors (Lipinski definition) is 2. The van der Waals surface area contributed by atoms with Gasteiger partial charge in [-0.2, -0.15) is 0 Å². The van der Waals surface area contributed by atoms with Crippen LogP contribution in [0, 0.1) is 13.8 Å². The summed E-state index contributed by atoms with van der Waals surface area (Å²) < 4.78 is 24.9. The number of thiophene rings is 1. The Bertz CT molecular complexity index is 1180. The molecule has 0 saturated heterocycles. The number of fused-ring (bicyclic) bond motifs is 1. The Morgan fingerprint density at radius 1 is 1.11 bits per heavy atom. The van der Waals surface area contributed by atoms with Gasteiger partial charge in [-0.25, -0.2) is 18.4 Å². The molecule has 0 aliphatic heterocycles. The molecule has 0 spiro atoms. The molecular weight excluding hydrogens is 396 g/mol. The first-order valence-corrected chi connectivity index (χ1v) is 11.6. The van der Waals surface area contributed by atoms with Crippen LogP contribution in [0.3, 0.4) is 0 Å². The molecule has 7 nitrogen and oxygen atoms in total. The van der Waals surface area contributed by atoms with Gasteiger partial charge in [-0.15, -0.1) is 11.3 Å². The predicted molar refractivity (Wildman–Crippen MR) is 112 cm³/mol. The van der Waals surface area contributed by atoms with Crippen LogP contribution >= 0.6 is 11.3 Å². The van der Waals surface area contributed by atoms with Gasteiger partial charge < -0.3 is 5.32 Å². The van der Waals surface area contributed by atoms with Crippen LogP contribution in [0.25, 0.3) is 10.2 Å². The molecule has 0 radical (unpaired) electrons. The van der Waals surface area contributed by atoms with E-state index in [1.54, 1.807) is 24.3 Å². The van der Waals surface area contributed by atoms with Crippen LogP contribution in [0.2, 0.25) is 0 Å². The quantitative estimate of drug-likeness (QED) is 0.659. The number of carbonyl (C=O) groups excluding carboxylic acids is 1. The third-order valence-corrected chi connectivity index (χ3v) is 6.37. The zero-order chi connectivity index (χ0) is 20.1. The van der Waals surface area contributed by atoms with Crippen molar-refractivity contribution in [3.05, 3.63) is 46.2 Å². The number of carbonyl (C=O) groups is 1. The molecule has 1 saturated carbocycles. The maximum Gasteiger partial charge on any atom is 0.266 e. The van der Waals surface area contributed by atoms with Gasteiger partial charge in [0.25, 0.3) is 5.91 Å². The van der Waals surface area contributed by atoms with Crippen LogP contribution in [-0.2, 0) is 10.0 Å². The Morgan fingerprint density at radius 3 is 2.36 bits per heavy atom. The summed E-state index contributed by atoms with van der Waals surface area (Å²) in [6.45, 7) is 3.88. The van der Waals surface area contributed by atoms with E-state index in [0.717, 1.165) is 46.4 Å². The summed E-state index contributed by atoms with van der Waals surface area (Å²) in [6.07, 6.45) is 3.35. The number of nitrogens with one attached hydrogen (secondary N) is 2. The molecule has 1 fully saturated rings. The third kappa shape index (κ3) is 3.85. The van der Waals surface area contributed by atoms with E-state index < -0.39 is 10.0 Å². The zero-order valence-electron chi connectivity index (χ0n) is 15.7. The van der Waals surface area contributed by atoms with E-state index in [2.05, 4.69) is 20.0 Å². The lowest BCUT2D eigenvalue weighted by atomic mass is 10.1. The fraction of sp³-hybridized carbons (Fsp3) is 0.316. The van der Waals surface area contributed by atoms with Gasteiger partial charge in [0.2, 0.25) is 10.0 Å². The summed E-state index contributed by atoms with van der Waals surface area (Å²) in [6, 6.07) is 6.52. The second-order valence-corrected chi connectivity index (χ2v) is 9.83. The summed E-state index contributed by atoms with van der Waals surface area (Å²) in [7, 11) is -3.33. The van der Waals surface area contributed by atoms with Gasteiger partial charge in [-0.1, -0.05) is 0 Å². The van der Waals surface area contributed by atoms with Gasteiger partial charge >= 0.3 is 0 Å². The zero-order valence-corrected chi connectivity index (χ0v) is 17.4. The van der Waals surface area contributed by atoms with Gasteiger partial charge in [0.15, 0.2) is 0 Å². The van der Waals surface area contributed by atoms with Gasteiger partial charge in [0.05, 0.1) is 16.8 Å². The van der Waals surface area contributed by atoms with Gasteiger partial charge in [-0.3, -0.25) is 9.52 Å². The molecule has 9 heteroatoms. The monoisotopic (exact) mass is 416 g/mol. The topological polar surface area (TPSA) is 101 Å². The van der Waals surface area contributed by atoms with Crippen molar-refractivity contribution in [1.82, 2.24) is 9.97 Å². The van der Waals surface area contributed by atoms with Crippen molar-refractivity contribution in [3.63, 3.8) is 0 Å². The van der Waals surface area contributed by atoms with E-state index in [4.69, 9.17) is 0 Å². The predicted octanol–water partition coefficient (Wildman–Crippen LogP) is 3.81. The molecule has 146 valence electrons. The molecule has 3 aromatic rings. The molecule has 2 heterocycles. The first-order valence-electron chi connectivity index (χ1n) is 8.88. The maximum atomic E-state index is 12.8. The standard InChI is InChI=1S/C19H20N4O3S2/c1-10-15-11(2)20-17(12-4-5-12)22-19(15)27-16(10)18(24)21-13-6-8-14(9-7-13)23-28(3,25)26/h6-9,12,23H,4-5H2,1-3H3,(H,21,24). The molecule has 2 N–H and O–H groups in total. The van der Waals surface area contributed by atoms with Gasteiger partial charge in [0, 0.05) is 22.7 Å². The van der Waals surface area contributed by atoms with Crippen molar-refractivity contribution in [2.75, 3.05) is 16.3 Å². The lowest BCUT2D eigenvalue weighted by molar-refractivity contribution is 0.103. The van der Waals surface area contributed by atoms with E-state index in [9.17, 15) is 13.2 Å². The molecule has 1 aromatic carbocycles. The Labute approximate surface area is 167 Å². The number of benzene rings is 1. The summed E-state index contributed by atoms with van der Waals surface area (Å²) in [5.41, 5.74) is 2.82. The van der Waals surface area contributed by atoms with Crippen molar-refractivity contribution in [1.29, 1.82) is 0 Å². The van der Waals surface area contributed by atoms with Crippen LogP contribution in [0.15, 0.2) is 24.3 Å². The van der Waals surface area contributed by atoms with Crippen LogP contribution in [0.4, 0.5) is 11.4 Å². The number of amides is 1. The Balaban J connectivity index is 1.58. The molecule has 0 unspecified atom stereocenters. The molecular formula is C19H20N4O3S2. The minimum Gasteiger partial charge on any atom is -0.321 e. The van der Waals surface area contributed by atoms with Gasteiger partial charge in [0.1, 0.15) is 10.7 Å². The van der Waals surface area contributed by atoms with Crippen molar-refractivity contribution in [2.45, 2.75) is 32.6 Å². The average Bonchev–Trinajstić information content (AvgIpc) is 3.39. The number of aryl methyl sites for hydroxylation is 2. The van der Waals surface area contributed by atoms with E-state index in [1.165, 1.54) is 11.3 Å². The lowest BCUT2D eigenvalue weighted by Crippen LogP contribution is -2.12. The normalized spacial score (nSPS) is 14.2. The fourth-order valence-electron chi connectivity index (χ4n) is 3.12. The summed E-state index contributed by atoms with van der Waals surface area (Å²) in [5.74, 6) is 1.13. The van der Waals surface area contributed by atoms with Crippen molar-refractivity contribution in [2.24, 2.45) is 0 Å². The van der Waals surface area contributed by atoms with E-state index in [1.807, 2.05) is 13.8 Å². The SMILES string of the molecule is Cc1nc(C2CC2)nc2sc(C(=O)Nc3ccc(NS(C)(=O)=O)cc3)c(C)c12. The van der Waals surface area contributed by atoms with Crippen molar-refractivity contribution >= 4 is 48.9 Å². The molecule has 0 bridgehead atoms. The molecule has 4 rings (SSSR count). The average molecular weight is 417 g/mol. The van der Waals surface area contributed by atoms with E-state index in [-0.39, 0.29) is 5.91 Å². The number of rotatable bonds is 5. The third-order valence-electron chi connectivity index (χ3n) is 4.58. The molecule has 1 amide bonds. The van der Waals surface area contributed by atoms with E-state index in [0.29, 0.717) is 22.2 Å². The molecule has 1 aliphatic rings. The number of anilines is 2. The highest BCUT2D eigenvalue weighted by Gasteiger charge is 2.28. The Morgan fingerprint density at radius 2 is 1.75 bits per heavy atom. The minimum absolute atomic E-state index is 0.211. The first kappa shape index (κ1) is 18.8. The van der Waals surface area contributed by atoms with Crippen LogP contribution < -0.4 is 10.0 Å². The smallest absolute Gasteiger partial charge is 0.266 e. The summed E-state index contributed by atoms with van der Waals surface area (Å²) >= 11 is 1.38. The summed E-state index contributed by atoms with van der Waals surface area (Å²) in [4.78, 5) is 23.6. The second-order valence-electron chi connectivity index (χ2n) is 7.08. The highest BCUT2D eigenvalue weighted by Crippen LogP contribution is 2.40. The molecule has 1 aliphatic carbocycles. The Kier molecular flexibility index (Phi) is 4.59. The second kappa shape index (κ2) is 6.82. The highest BCUT2D eigenvalue weighted by molar-refractivity contribution is 7.92. The van der Waals surface area contributed by atoms with Crippen molar-refractivity contribution in [3.8, 4) is 0 Å². The summed E-state index contributed by atoms with van der Waals surface area (Å²) in [5, 5.41) is 3.82. The Hall–Kier alpha value is -2.52. The van der Waals surface area contributed by atoms with Gasteiger partial charge in [-0.05, 0) is 56.5 Å². The van der Waals surface area contributed by atoms with Crippen molar-refractivity contribution < 1.29 is 13.2 Å². The first-order chi connectivity index (χ1) is 13.2. The molecule has 28 heavy (non-hydrogen) atoms. The number of hydrogen-bond acceptors (Lipinski definition) is 6. The molecule has 2 aromatic heterocycles. The largest absolute Gasteiger partial charge is 0.321 e. The minimum atomic E-state index is -3.33. The number of aromatic nitrogens is 2.